The second-order valence-electron chi connectivity index (χ2n) is 5.78. The number of halogens is 1. The molecule has 0 aliphatic carbocycles. The summed E-state index contributed by atoms with van der Waals surface area (Å²) in [4.78, 5) is 22.0. The maximum Gasteiger partial charge on any atom is 0.260 e. The van der Waals surface area contributed by atoms with Gasteiger partial charge in [-0.05, 0) is 30.9 Å². The molecule has 0 radical (unpaired) electrons. The Labute approximate surface area is 141 Å². The third-order valence-electron chi connectivity index (χ3n) is 4.16. The summed E-state index contributed by atoms with van der Waals surface area (Å²) in [6.07, 6.45) is 2.32. The number of piperidine rings is 1. The molecule has 0 amide bonds. The molecule has 1 aliphatic rings. The molecule has 126 valence electrons. The molecular formula is C16H22ClN3O3. The van der Waals surface area contributed by atoms with Crippen LogP contribution in [0.2, 0.25) is 0 Å². The average molecular weight is 340 g/mol. The van der Waals surface area contributed by atoms with Gasteiger partial charge in [-0.1, -0.05) is 6.92 Å². The van der Waals surface area contributed by atoms with Crippen LogP contribution in [0.1, 0.15) is 19.8 Å². The molecule has 1 unspecified atom stereocenters. The summed E-state index contributed by atoms with van der Waals surface area (Å²) in [5.41, 5.74) is 0.387. The van der Waals surface area contributed by atoms with Gasteiger partial charge in [-0.3, -0.25) is 9.78 Å². The van der Waals surface area contributed by atoms with E-state index in [1.54, 1.807) is 26.4 Å². The highest BCUT2D eigenvalue weighted by Gasteiger charge is 2.20. The van der Waals surface area contributed by atoms with Crippen molar-refractivity contribution >= 4 is 29.3 Å². The van der Waals surface area contributed by atoms with Crippen molar-refractivity contribution < 1.29 is 9.47 Å². The Morgan fingerprint density at radius 2 is 2.09 bits per heavy atom. The van der Waals surface area contributed by atoms with Gasteiger partial charge in [-0.15, -0.1) is 12.4 Å². The minimum Gasteiger partial charge on any atom is -0.493 e. The lowest BCUT2D eigenvalue weighted by atomic mass is 10.0. The summed E-state index contributed by atoms with van der Waals surface area (Å²) >= 11 is 0. The maximum absolute atomic E-state index is 12.4. The van der Waals surface area contributed by atoms with Crippen molar-refractivity contribution in [2.24, 2.45) is 5.92 Å². The van der Waals surface area contributed by atoms with Crippen LogP contribution in [0.25, 0.3) is 10.9 Å². The summed E-state index contributed by atoms with van der Waals surface area (Å²) in [5.74, 6) is 2.28. The average Bonchev–Trinajstić information content (AvgIpc) is 2.53. The minimum atomic E-state index is -0.154. The molecule has 1 N–H and O–H groups in total. The van der Waals surface area contributed by atoms with Gasteiger partial charge < -0.3 is 14.4 Å². The summed E-state index contributed by atoms with van der Waals surface area (Å²) in [6, 6.07) is 3.44. The van der Waals surface area contributed by atoms with Crippen LogP contribution < -0.4 is 19.9 Å². The topological polar surface area (TPSA) is 67.5 Å². The van der Waals surface area contributed by atoms with Gasteiger partial charge in [0.1, 0.15) is 5.52 Å². The van der Waals surface area contributed by atoms with Crippen LogP contribution in [0.4, 0.5) is 5.95 Å². The number of H-pyrrole nitrogens is 1. The number of methoxy groups -OCH3 is 2. The van der Waals surface area contributed by atoms with E-state index in [0.29, 0.717) is 34.3 Å². The number of hydrogen-bond acceptors (Lipinski definition) is 5. The van der Waals surface area contributed by atoms with Crippen molar-refractivity contribution in [2.75, 3.05) is 32.2 Å². The van der Waals surface area contributed by atoms with Gasteiger partial charge in [0.15, 0.2) is 11.5 Å². The molecule has 1 fully saturated rings. The van der Waals surface area contributed by atoms with Crippen molar-refractivity contribution in [3.05, 3.63) is 22.5 Å². The Kier molecular flexibility index (Phi) is 5.36. The van der Waals surface area contributed by atoms with E-state index in [-0.39, 0.29) is 18.0 Å². The Morgan fingerprint density at radius 3 is 2.74 bits per heavy atom. The Hall–Kier alpha value is -1.95. The molecule has 0 spiro atoms. The van der Waals surface area contributed by atoms with Crippen LogP contribution in [-0.4, -0.2) is 37.3 Å². The minimum absolute atomic E-state index is 0. The molecule has 1 saturated heterocycles. The first-order chi connectivity index (χ1) is 10.6. The van der Waals surface area contributed by atoms with Crippen LogP contribution in [0.5, 0.6) is 11.5 Å². The molecule has 1 aromatic carbocycles. The van der Waals surface area contributed by atoms with Crippen molar-refractivity contribution in [1.29, 1.82) is 0 Å². The number of anilines is 1. The molecule has 6 nitrogen and oxygen atoms in total. The predicted molar refractivity (Wildman–Crippen MR) is 93.3 cm³/mol. The lowest BCUT2D eigenvalue weighted by Gasteiger charge is -2.31. The van der Waals surface area contributed by atoms with E-state index in [0.717, 1.165) is 19.5 Å². The summed E-state index contributed by atoms with van der Waals surface area (Å²) < 4.78 is 10.7. The maximum atomic E-state index is 12.4. The molecule has 0 bridgehead atoms. The highest BCUT2D eigenvalue weighted by Crippen LogP contribution is 2.33. The van der Waals surface area contributed by atoms with E-state index < -0.39 is 0 Å². The van der Waals surface area contributed by atoms with Crippen LogP contribution in [-0.2, 0) is 0 Å². The van der Waals surface area contributed by atoms with E-state index in [9.17, 15) is 4.79 Å². The number of nitrogens with one attached hydrogen (secondary N) is 1. The van der Waals surface area contributed by atoms with Crippen LogP contribution in [0.3, 0.4) is 0 Å². The van der Waals surface area contributed by atoms with Crippen LogP contribution >= 0.6 is 12.4 Å². The number of rotatable bonds is 3. The number of benzene rings is 1. The fraction of sp³-hybridized carbons (Fsp3) is 0.500. The summed E-state index contributed by atoms with van der Waals surface area (Å²) in [7, 11) is 3.13. The van der Waals surface area contributed by atoms with Gasteiger partial charge >= 0.3 is 0 Å². The molecule has 1 atom stereocenters. The SMILES string of the molecule is COc1ccc2c(=O)[nH]c(N3CCCC(C)C3)nc2c1OC.Cl. The smallest absolute Gasteiger partial charge is 0.260 e. The van der Waals surface area contributed by atoms with E-state index in [1.165, 1.54) is 6.42 Å². The third-order valence-corrected chi connectivity index (χ3v) is 4.16. The van der Waals surface area contributed by atoms with Gasteiger partial charge in [0.2, 0.25) is 5.95 Å². The Bertz CT molecular complexity index is 747. The molecule has 1 aromatic heterocycles. The molecule has 1 aliphatic heterocycles. The molecule has 2 heterocycles. The first kappa shape index (κ1) is 17.4. The zero-order valence-corrected chi connectivity index (χ0v) is 14.4. The summed E-state index contributed by atoms with van der Waals surface area (Å²) in [5, 5.41) is 0.506. The fourth-order valence-corrected chi connectivity index (χ4v) is 3.04. The van der Waals surface area contributed by atoms with Gasteiger partial charge in [0.25, 0.3) is 5.56 Å². The molecular weight excluding hydrogens is 318 g/mol. The molecule has 3 rings (SSSR count). The van der Waals surface area contributed by atoms with Crippen LogP contribution in [0.15, 0.2) is 16.9 Å². The second-order valence-corrected chi connectivity index (χ2v) is 5.78. The first-order valence-corrected chi connectivity index (χ1v) is 7.54. The molecule has 23 heavy (non-hydrogen) atoms. The van der Waals surface area contributed by atoms with Gasteiger partial charge in [-0.25, -0.2) is 4.98 Å². The summed E-state index contributed by atoms with van der Waals surface area (Å²) in [6.45, 7) is 4.03. The number of aromatic nitrogens is 2. The molecule has 7 heteroatoms. The number of hydrogen-bond donors (Lipinski definition) is 1. The van der Waals surface area contributed by atoms with Gasteiger partial charge in [0.05, 0.1) is 19.6 Å². The lowest BCUT2D eigenvalue weighted by molar-refractivity contribution is 0.358. The zero-order valence-electron chi connectivity index (χ0n) is 13.6. The van der Waals surface area contributed by atoms with Crippen LogP contribution in [0, 0.1) is 5.92 Å². The quantitative estimate of drug-likeness (QED) is 0.931. The van der Waals surface area contributed by atoms with Gasteiger partial charge in [-0.2, -0.15) is 0 Å². The second kappa shape index (κ2) is 7.08. The monoisotopic (exact) mass is 339 g/mol. The zero-order chi connectivity index (χ0) is 15.7. The van der Waals surface area contributed by atoms with Crippen molar-refractivity contribution in [3.63, 3.8) is 0 Å². The van der Waals surface area contributed by atoms with E-state index >= 15 is 0 Å². The lowest BCUT2D eigenvalue weighted by Crippen LogP contribution is -2.36. The Morgan fingerprint density at radius 1 is 1.30 bits per heavy atom. The standard InChI is InChI=1S/C16H21N3O3.ClH/c1-10-5-4-8-19(9-10)16-17-13-11(15(20)18-16)6-7-12(21-2)14(13)22-3;/h6-7,10H,4-5,8-9H2,1-3H3,(H,17,18,20);1H. The van der Waals surface area contributed by atoms with Crippen molar-refractivity contribution in [2.45, 2.75) is 19.8 Å². The first-order valence-electron chi connectivity index (χ1n) is 7.54. The van der Waals surface area contributed by atoms with E-state index in [2.05, 4.69) is 21.8 Å². The predicted octanol–water partition coefficient (Wildman–Crippen LogP) is 2.60. The van der Waals surface area contributed by atoms with E-state index in [1.807, 2.05) is 0 Å². The largest absolute Gasteiger partial charge is 0.493 e. The normalized spacial score (nSPS) is 17.7. The Balaban J connectivity index is 0.00000192. The fourth-order valence-electron chi connectivity index (χ4n) is 3.04. The number of nitrogens with zero attached hydrogens (tertiary/aromatic N) is 2. The van der Waals surface area contributed by atoms with Gasteiger partial charge in [0, 0.05) is 13.1 Å². The highest BCUT2D eigenvalue weighted by atomic mass is 35.5. The number of aromatic amines is 1. The van der Waals surface area contributed by atoms with E-state index in [4.69, 9.17) is 9.47 Å². The molecule has 2 aromatic rings. The highest BCUT2D eigenvalue weighted by molar-refractivity contribution is 5.87. The van der Waals surface area contributed by atoms with Crippen molar-refractivity contribution in [1.82, 2.24) is 9.97 Å². The molecule has 0 saturated carbocycles. The number of fused-ring (bicyclic) bond motifs is 1. The third kappa shape index (κ3) is 3.22. The number of ether oxygens (including phenoxy) is 2. The van der Waals surface area contributed by atoms with Crippen molar-refractivity contribution in [3.8, 4) is 11.5 Å².